The summed E-state index contributed by atoms with van der Waals surface area (Å²) in [6.45, 7) is 1.68. The lowest BCUT2D eigenvalue weighted by Crippen LogP contribution is -2.35. The van der Waals surface area contributed by atoms with Crippen LogP contribution in [0.3, 0.4) is 0 Å². The zero-order chi connectivity index (χ0) is 15.9. The number of thiophene rings is 1. The number of urea groups is 1. The molecule has 0 saturated heterocycles. The fourth-order valence-corrected chi connectivity index (χ4v) is 2.90. The number of aromatic nitrogens is 2. The van der Waals surface area contributed by atoms with Gasteiger partial charge in [0.1, 0.15) is 5.82 Å². The van der Waals surface area contributed by atoms with Crippen LogP contribution in [0.4, 0.5) is 4.79 Å². The number of hydrogen-bond acceptors (Lipinski definition) is 3. The Balaban J connectivity index is 1.50. The number of carbonyl (C=O) groups excluding carboxylic acids is 1. The fourth-order valence-electron chi connectivity index (χ4n) is 2.23. The van der Waals surface area contributed by atoms with E-state index >= 15 is 0 Å². The lowest BCUT2D eigenvalue weighted by Gasteiger charge is -2.10. The molecule has 0 bridgehead atoms. The van der Waals surface area contributed by atoms with Crippen molar-refractivity contribution in [1.29, 1.82) is 0 Å². The number of imidazole rings is 1. The van der Waals surface area contributed by atoms with E-state index in [-0.39, 0.29) is 6.03 Å². The first-order valence-electron chi connectivity index (χ1n) is 7.38. The molecule has 0 aliphatic rings. The molecule has 0 atom stereocenters. The molecule has 3 aromatic rings. The molecule has 3 rings (SSSR count). The Hall–Kier alpha value is -2.60. The van der Waals surface area contributed by atoms with Gasteiger partial charge in [-0.3, -0.25) is 0 Å². The smallest absolute Gasteiger partial charge is 0.315 e. The second-order valence-electron chi connectivity index (χ2n) is 5.12. The van der Waals surface area contributed by atoms with Gasteiger partial charge >= 0.3 is 6.03 Å². The van der Waals surface area contributed by atoms with Crippen molar-refractivity contribution in [3.8, 4) is 0 Å². The quantitative estimate of drug-likeness (QED) is 0.731. The molecule has 0 aliphatic heterocycles. The van der Waals surface area contributed by atoms with Crippen LogP contribution in [0.1, 0.15) is 17.0 Å². The summed E-state index contributed by atoms with van der Waals surface area (Å²) in [5.41, 5.74) is 2.31. The Morgan fingerprint density at radius 1 is 1.09 bits per heavy atom. The summed E-state index contributed by atoms with van der Waals surface area (Å²) in [7, 11) is 0. The van der Waals surface area contributed by atoms with E-state index < -0.39 is 0 Å². The van der Waals surface area contributed by atoms with E-state index in [9.17, 15) is 4.79 Å². The molecule has 0 fully saturated rings. The third kappa shape index (κ3) is 4.43. The summed E-state index contributed by atoms with van der Waals surface area (Å²) in [6, 6.07) is 12.0. The summed E-state index contributed by atoms with van der Waals surface area (Å²) in [5.74, 6) is 0.833. The van der Waals surface area contributed by atoms with Crippen molar-refractivity contribution in [3.05, 3.63) is 76.5 Å². The first kappa shape index (κ1) is 15.3. The summed E-state index contributed by atoms with van der Waals surface area (Å²) < 4.78 is 2.04. The van der Waals surface area contributed by atoms with Crippen LogP contribution in [-0.2, 0) is 19.6 Å². The van der Waals surface area contributed by atoms with Gasteiger partial charge in [0.2, 0.25) is 0 Å². The fraction of sp³-hybridized carbons (Fsp3) is 0.176. The van der Waals surface area contributed by atoms with E-state index in [0.29, 0.717) is 13.1 Å². The highest BCUT2D eigenvalue weighted by atomic mass is 32.1. The topological polar surface area (TPSA) is 59.0 Å². The minimum absolute atomic E-state index is 0.189. The Morgan fingerprint density at radius 3 is 2.70 bits per heavy atom. The highest BCUT2D eigenvalue weighted by molar-refractivity contribution is 7.07. The number of rotatable bonds is 6. The van der Waals surface area contributed by atoms with Crippen molar-refractivity contribution in [3.63, 3.8) is 0 Å². The molecule has 2 N–H and O–H groups in total. The van der Waals surface area contributed by atoms with Gasteiger partial charge in [0.25, 0.3) is 0 Å². The van der Waals surface area contributed by atoms with Crippen LogP contribution in [0, 0.1) is 0 Å². The van der Waals surface area contributed by atoms with Crippen molar-refractivity contribution in [2.75, 3.05) is 0 Å². The maximum absolute atomic E-state index is 11.8. The zero-order valence-corrected chi connectivity index (χ0v) is 13.4. The Labute approximate surface area is 139 Å². The highest BCUT2D eigenvalue weighted by Gasteiger charge is 2.06. The molecule has 1 aromatic carbocycles. The third-order valence-corrected chi connectivity index (χ3v) is 4.17. The van der Waals surface area contributed by atoms with Crippen LogP contribution < -0.4 is 10.6 Å². The molecule has 118 valence electrons. The second-order valence-corrected chi connectivity index (χ2v) is 5.90. The summed E-state index contributed by atoms with van der Waals surface area (Å²) in [6.07, 6.45) is 3.68. The van der Waals surface area contributed by atoms with Gasteiger partial charge in [-0.2, -0.15) is 11.3 Å². The molecule has 6 heteroatoms. The van der Waals surface area contributed by atoms with Crippen molar-refractivity contribution >= 4 is 17.4 Å². The average Bonchev–Trinajstić information content (AvgIpc) is 3.24. The van der Waals surface area contributed by atoms with Gasteiger partial charge in [0.05, 0.1) is 6.54 Å². The molecule has 0 radical (unpaired) electrons. The molecule has 23 heavy (non-hydrogen) atoms. The van der Waals surface area contributed by atoms with Gasteiger partial charge in [-0.25, -0.2) is 9.78 Å². The van der Waals surface area contributed by atoms with Gasteiger partial charge in [-0.05, 0) is 28.0 Å². The van der Waals surface area contributed by atoms with Crippen LogP contribution in [0.15, 0.2) is 59.6 Å². The lowest BCUT2D eigenvalue weighted by molar-refractivity contribution is 0.239. The minimum Gasteiger partial charge on any atom is -0.334 e. The molecule has 0 spiro atoms. The number of nitrogens with one attached hydrogen (secondary N) is 2. The highest BCUT2D eigenvalue weighted by Crippen LogP contribution is 2.06. The van der Waals surface area contributed by atoms with E-state index in [1.54, 1.807) is 17.5 Å². The molecule has 0 unspecified atom stereocenters. The van der Waals surface area contributed by atoms with E-state index in [1.165, 1.54) is 5.56 Å². The number of benzene rings is 1. The summed E-state index contributed by atoms with van der Waals surface area (Å²) >= 11 is 1.62. The molecule has 5 nitrogen and oxygen atoms in total. The van der Waals surface area contributed by atoms with Gasteiger partial charge in [-0.1, -0.05) is 30.3 Å². The number of amides is 2. The molecule has 2 aromatic heterocycles. The van der Waals surface area contributed by atoms with Gasteiger partial charge < -0.3 is 15.2 Å². The molecular formula is C17H18N4OS. The minimum atomic E-state index is -0.189. The molecule has 2 amide bonds. The predicted octanol–water partition coefficient (Wildman–Crippen LogP) is 2.99. The van der Waals surface area contributed by atoms with E-state index in [1.807, 2.05) is 45.8 Å². The largest absolute Gasteiger partial charge is 0.334 e. The zero-order valence-electron chi connectivity index (χ0n) is 12.6. The van der Waals surface area contributed by atoms with Crippen molar-refractivity contribution in [2.45, 2.75) is 19.6 Å². The van der Waals surface area contributed by atoms with E-state index in [4.69, 9.17) is 0 Å². The van der Waals surface area contributed by atoms with Crippen LogP contribution in [0.2, 0.25) is 0 Å². The SMILES string of the molecule is O=C(NCc1ccsc1)NCc1nccn1Cc1ccccc1. The molecule has 0 saturated carbocycles. The molecule has 0 aliphatic carbocycles. The van der Waals surface area contributed by atoms with Crippen molar-refractivity contribution in [1.82, 2.24) is 20.2 Å². The van der Waals surface area contributed by atoms with Gasteiger partial charge in [0.15, 0.2) is 0 Å². The maximum Gasteiger partial charge on any atom is 0.315 e. The van der Waals surface area contributed by atoms with Crippen LogP contribution in [-0.4, -0.2) is 15.6 Å². The number of carbonyl (C=O) groups is 1. The predicted molar refractivity (Wildman–Crippen MR) is 91.2 cm³/mol. The maximum atomic E-state index is 11.8. The molecule has 2 heterocycles. The average molecular weight is 326 g/mol. The standard InChI is InChI=1S/C17H18N4OS/c22-17(19-10-15-6-9-23-13-15)20-11-16-18-7-8-21(16)12-14-4-2-1-3-5-14/h1-9,13H,10-12H2,(H2,19,20,22). The van der Waals surface area contributed by atoms with Crippen molar-refractivity contribution < 1.29 is 4.79 Å². The van der Waals surface area contributed by atoms with Crippen LogP contribution in [0.25, 0.3) is 0 Å². The normalized spacial score (nSPS) is 10.4. The first-order valence-corrected chi connectivity index (χ1v) is 8.32. The summed E-state index contributed by atoms with van der Waals surface area (Å²) in [4.78, 5) is 16.2. The second kappa shape index (κ2) is 7.60. The van der Waals surface area contributed by atoms with E-state index in [2.05, 4.69) is 27.8 Å². The lowest BCUT2D eigenvalue weighted by atomic mass is 10.2. The Kier molecular flexibility index (Phi) is 5.06. The van der Waals surface area contributed by atoms with Gasteiger partial charge in [-0.15, -0.1) is 0 Å². The third-order valence-electron chi connectivity index (χ3n) is 3.44. The van der Waals surface area contributed by atoms with Crippen molar-refractivity contribution in [2.24, 2.45) is 0 Å². The summed E-state index contributed by atoms with van der Waals surface area (Å²) in [5, 5.41) is 9.70. The van der Waals surface area contributed by atoms with Crippen LogP contribution in [0.5, 0.6) is 0 Å². The van der Waals surface area contributed by atoms with Gasteiger partial charge in [0, 0.05) is 25.5 Å². The number of hydrogen-bond donors (Lipinski definition) is 2. The molecular weight excluding hydrogens is 308 g/mol. The Morgan fingerprint density at radius 2 is 1.91 bits per heavy atom. The Bertz CT molecular complexity index is 737. The first-order chi connectivity index (χ1) is 11.3. The van der Waals surface area contributed by atoms with E-state index in [0.717, 1.165) is 17.9 Å². The number of nitrogens with zero attached hydrogens (tertiary/aromatic N) is 2. The van der Waals surface area contributed by atoms with Crippen LogP contribution >= 0.6 is 11.3 Å². The monoisotopic (exact) mass is 326 g/mol.